The largest absolute Gasteiger partial charge is 0.382 e. The lowest BCUT2D eigenvalue weighted by molar-refractivity contribution is -0.194. The van der Waals surface area contributed by atoms with E-state index in [1.54, 1.807) is 14.2 Å². The molecule has 0 aliphatic carbocycles. The van der Waals surface area contributed by atoms with Crippen molar-refractivity contribution in [3.63, 3.8) is 0 Å². The van der Waals surface area contributed by atoms with Crippen molar-refractivity contribution >= 4 is 11.8 Å². The first-order chi connectivity index (χ1) is 21.1. The van der Waals surface area contributed by atoms with E-state index in [1.807, 2.05) is 60.7 Å². The molecule has 0 aliphatic heterocycles. The highest BCUT2D eigenvalue weighted by Crippen LogP contribution is 2.11. The van der Waals surface area contributed by atoms with Crippen LogP contribution in [0.2, 0.25) is 0 Å². The Morgan fingerprint density at radius 1 is 0.535 bits per heavy atom. The van der Waals surface area contributed by atoms with Crippen LogP contribution in [0.5, 0.6) is 0 Å². The Hall–Kier alpha value is -2.86. The van der Waals surface area contributed by atoms with Crippen LogP contribution in [-0.2, 0) is 51.4 Å². The van der Waals surface area contributed by atoms with Gasteiger partial charge in [0, 0.05) is 53.4 Å². The maximum atomic E-state index is 12.9. The Kier molecular flexibility index (Phi) is 20.8. The van der Waals surface area contributed by atoms with Gasteiger partial charge < -0.3 is 18.9 Å². The first-order valence-electron chi connectivity index (χ1n) is 15.2. The zero-order chi connectivity index (χ0) is 30.8. The second-order valence-electron chi connectivity index (χ2n) is 9.99. The van der Waals surface area contributed by atoms with Crippen LogP contribution in [0.3, 0.4) is 0 Å². The molecule has 0 spiro atoms. The second kappa shape index (κ2) is 24.6. The Morgan fingerprint density at radius 3 is 1.35 bits per heavy atom. The molecule has 2 aromatic carbocycles. The molecule has 0 bridgehead atoms. The Balaban J connectivity index is 1.82. The number of carbonyl (C=O) groups excluding carboxylic acids is 2. The molecule has 0 heterocycles. The number of benzene rings is 2. The highest BCUT2D eigenvalue weighted by Gasteiger charge is 2.17. The smallest absolute Gasteiger partial charge is 0.246 e. The van der Waals surface area contributed by atoms with E-state index in [0.29, 0.717) is 91.6 Å². The topological polar surface area (TPSA) is 96.0 Å². The third-order valence-corrected chi connectivity index (χ3v) is 6.46. The normalized spacial score (nSPS) is 11.0. The van der Waals surface area contributed by atoms with Gasteiger partial charge in [0.15, 0.2) is 0 Å². The summed E-state index contributed by atoms with van der Waals surface area (Å²) in [5.41, 5.74) is 1.99. The van der Waals surface area contributed by atoms with Crippen molar-refractivity contribution in [3.05, 3.63) is 71.8 Å². The van der Waals surface area contributed by atoms with Gasteiger partial charge in [-0.25, -0.2) is 10.1 Å². The van der Waals surface area contributed by atoms with Gasteiger partial charge in [-0.05, 0) is 43.2 Å². The molecule has 2 amide bonds. The molecular weight excluding hydrogens is 552 g/mol. The summed E-state index contributed by atoms with van der Waals surface area (Å²) in [4.78, 5) is 37.8. The van der Waals surface area contributed by atoms with E-state index < -0.39 is 0 Å². The predicted molar refractivity (Wildman–Crippen MR) is 164 cm³/mol. The molecular formula is C33H50N2O8. The number of unbranched alkanes of at least 4 members (excludes halogenated alkanes) is 2. The van der Waals surface area contributed by atoms with E-state index in [2.05, 4.69) is 0 Å². The standard InChI is InChI=1S/C33H50N2O8/c1-38-24-26-40-22-12-18-32(36)34(42-28-30-14-6-3-7-15-30)20-10-5-11-21-35(43-29-31-16-8-4-9-17-31)33(37)19-13-23-41-27-25-39-2/h3-4,6-9,14-17H,5,10-13,18-29H2,1-2H3. The fourth-order valence-electron chi connectivity index (χ4n) is 4.05. The first-order valence-corrected chi connectivity index (χ1v) is 15.2. The highest BCUT2D eigenvalue weighted by molar-refractivity contribution is 5.75. The lowest BCUT2D eigenvalue weighted by Crippen LogP contribution is -2.33. The summed E-state index contributed by atoms with van der Waals surface area (Å²) in [6.07, 6.45) is 4.18. The fourth-order valence-corrected chi connectivity index (χ4v) is 4.05. The van der Waals surface area contributed by atoms with E-state index in [1.165, 1.54) is 10.1 Å². The summed E-state index contributed by atoms with van der Waals surface area (Å²) < 4.78 is 20.9. The van der Waals surface area contributed by atoms with E-state index in [0.717, 1.165) is 30.4 Å². The van der Waals surface area contributed by atoms with Crippen molar-refractivity contribution in [2.24, 2.45) is 0 Å². The maximum Gasteiger partial charge on any atom is 0.246 e. The van der Waals surface area contributed by atoms with E-state index in [-0.39, 0.29) is 11.8 Å². The third-order valence-electron chi connectivity index (χ3n) is 6.46. The van der Waals surface area contributed by atoms with Crippen LogP contribution < -0.4 is 0 Å². The van der Waals surface area contributed by atoms with Crippen molar-refractivity contribution < 1.29 is 38.2 Å². The third kappa shape index (κ3) is 17.8. The van der Waals surface area contributed by atoms with Gasteiger partial charge in [0.05, 0.1) is 26.4 Å². The molecule has 0 saturated carbocycles. The minimum absolute atomic E-state index is 0.0676. The summed E-state index contributed by atoms with van der Waals surface area (Å²) >= 11 is 0. The molecule has 0 aromatic heterocycles. The molecule has 0 atom stereocenters. The second-order valence-corrected chi connectivity index (χ2v) is 9.99. The van der Waals surface area contributed by atoms with Gasteiger partial charge in [-0.1, -0.05) is 60.7 Å². The van der Waals surface area contributed by atoms with Gasteiger partial charge in [0.2, 0.25) is 11.8 Å². The SMILES string of the molecule is COCCOCCCC(=O)N(CCCCCN(OCc1ccccc1)C(=O)CCCOCCOC)OCc1ccccc1. The van der Waals surface area contributed by atoms with Crippen molar-refractivity contribution in [1.29, 1.82) is 0 Å². The minimum atomic E-state index is -0.0676. The average Bonchev–Trinajstić information content (AvgIpc) is 3.04. The van der Waals surface area contributed by atoms with Gasteiger partial charge in [-0.2, -0.15) is 0 Å². The number of rotatable bonds is 26. The molecule has 2 rings (SSSR count). The van der Waals surface area contributed by atoms with Gasteiger partial charge in [-0.3, -0.25) is 19.3 Å². The number of carbonyl (C=O) groups is 2. The van der Waals surface area contributed by atoms with Gasteiger partial charge in [-0.15, -0.1) is 0 Å². The summed E-state index contributed by atoms with van der Waals surface area (Å²) in [6, 6.07) is 19.6. The molecule has 0 unspecified atom stereocenters. The molecule has 10 heteroatoms. The monoisotopic (exact) mass is 602 g/mol. The summed E-state index contributed by atoms with van der Waals surface area (Å²) in [7, 11) is 3.26. The van der Waals surface area contributed by atoms with Crippen LogP contribution in [0.4, 0.5) is 0 Å². The molecule has 0 N–H and O–H groups in total. The number of hydroxylamine groups is 4. The zero-order valence-corrected chi connectivity index (χ0v) is 26.0. The van der Waals surface area contributed by atoms with Crippen LogP contribution >= 0.6 is 0 Å². The number of hydrogen-bond donors (Lipinski definition) is 0. The number of amides is 2. The molecule has 10 nitrogen and oxygen atoms in total. The lowest BCUT2D eigenvalue weighted by atomic mass is 10.2. The molecule has 0 aliphatic rings. The number of methoxy groups -OCH3 is 2. The molecule has 0 fully saturated rings. The van der Waals surface area contributed by atoms with Crippen LogP contribution in [0, 0.1) is 0 Å². The van der Waals surface area contributed by atoms with Crippen LogP contribution in [0.1, 0.15) is 56.1 Å². The van der Waals surface area contributed by atoms with Gasteiger partial charge >= 0.3 is 0 Å². The Bertz CT molecular complexity index is 886. The number of hydrogen-bond acceptors (Lipinski definition) is 8. The zero-order valence-electron chi connectivity index (χ0n) is 26.0. The predicted octanol–water partition coefficient (Wildman–Crippen LogP) is 4.96. The van der Waals surface area contributed by atoms with Crippen LogP contribution in [-0.4, -0.2) is 88.9 Å². The quantitative estimate of drug-likeness (QED) is 0.110. The summed E-state index contributed by atoms with van der Waals surface area (Å²) in [6.45, 7) is 4.64. The van der Waals surface area contributed by atoms with E-state index >= 15 is 0 Å². The van der Waals surface area contributed by atoms with Crippen molar-refractivity contribution in [3.8, 4) is 0 Å². The Labute approximate surface area is 257 Å². The van der Waals surface area contributed by atoms with Crippen molar-refractivity contribution in [2.75, 3.05) is 67.0 Å². The molecule has 0 saturated heterocycles. The van der Waals surface area contributed by atoms with E-state index in [9.17, 15) is 9.59 Å². The Morgan fingerprint density at radius 2 is 0.953 bits per heavy atom. The highest BCUT2D eigenvalue weighted by atomic mass is 16.7. The molecule has 43 heavy (non-hydrogen) atoms. The lowest BCUT2D eigenvalue weighted by Gasteiger charge is -2.24. The van der Waals surface area contributed by atoms with E-state index in [4.69, 9.17) is 28.6 Å². The summed E-state index contributed by atoms with van der Waals surface area (Å²) in [5, 5.41) is 2.95. The van der Waals surface area contributed by atoms with Crippen LogP contribution in [0.15, 0.2) is 60.7 Å². The van der Waals surface area contributed by atoms with Crippen molar-refractivity contribution in [1.82, 2.24) is 10.1 Å². The average molecular weight is 603 g/mol. The fraction of sp³-hybridized carbons (Fsp3) is 0.576. The van der Waals surface area contributed by atoms with Crippen molar-refractivity contribution in [2.45, 2.75) is 58.2 Å². The maximum absolute atomic E-state index is 12.9. The molecule has 240 valence electrons. The molecule has 0 radical (unpaired) electrons. The minimum Gasteiger partial charge on any atom is -0.382 e. The number of nitrogens with zero attached hydrogens (tertiary/aromatic N) is 2. The van der Waals surface area contributed by atoms with Gasteiger partial charge in [0.1, 0.15) is 13.2 Å². The number of ether oxygens (including phenoxy) is 4. The van der Waals surface area contributed by atoms with Gasteiger partial charge in [0.25, 0.3) is 0 Å². The summed E-state index contributed by atoms with van der Waals surface area (Å²) in [5.74, 6) is -0.135. The molecule has 2 aromatic rings. The van der Waals surface area contributed by atoms with Crippen LogP contribution in [0.25, 0.3) is 0 Å². The first kappa shape index (κ1) is 36.3.